The Kier molecular flexibility index (Phi) is 6.22. The molecule has 0 aromatic carbocycles. The average molecular weight is 266 g/mol. The average Bonchev–Trinajstić information content (AvgIpc) is 2.78. The zero-order chi connectivity index (χ0) is 13.4. The van der Waals surface area contributed by atoms with Crippen LogP contribution in [0.15, 0.2) is 15.4 Å². The molecule has 0 unspecified atom stereocenters. The van der Waals surface area contributed by atoms with Crippen LogP contribution < -0.4 is 0 Å². The maximum Gasteiger partial charge on any atom is 0.191 e. The Hall–Kier alpha value is -1.55. The monoisotopic (exact) mass is 266 g/mol. The molecule has 0 bridgehead atoms. The van der Waals surface area contributed by atoms with Crippen LogP contribution >= 0.6 is 11.8 Å². The normalized spacial score (nSPS) is 10.8. The van der Waals surface area contributed by atoms with Gasteiger partial charge in [-0.05, 0) is 19.1 Å². The van der Waals surface area contributed by atoms with Crippen LogP contribution in [0.25, 0.3) is 0 Å². The maximum absolute atomic E-state index is 9.05. The summed E-state index contributed by atoms with van der Waals surface area (Å²) in [5.41, 5.74) is 0.458. The van der Waals surface area contributed by atoms with E-state index in [2.05, 4.69) is 40.5 Å². The van der Waals surface area contributed by atoms with Crippen molar-refractivity contribution in [3.63, 3.8) is 0 Å². The summed E-state index contributed by atoms with van der Waals surface area (Å²) in [6.07, 6.45) is 3.91. The fraction of sp³-hybridized carbons (Fsp3) is 0.636. The highest BCUT2D eigenvalue weighted by molar-refractivity contribution is 7.98. The van der Waals surface area contributed by atoms with Crippen molar-refractivity contribution in [3.8, 4) is 6.07 Å². The second-order valence-corrected chi connectivity index (χ2v) is 4.51. The summed E-state index contributed by atoms with van der Waals surface area (Å²) in [6.45, 7) is 5.92. The standard InChI is InChI=1S/C11H18N6S/c1-4-6-17(7-5-2)16-14-10-9(8-12)11(18-3)15-13-10/h4-7H2,1-3H3,(H,13,15). The lowest BCUT2D eigenvalue weighted by molar-refractivity contribution is 0.270. The largest absolute Gasteiger partial charge is 0.278 e. The van der Waals surface area contributed by atoms with Crippen LogP contribution in [-0.4, -0.2) is 34.6 Å². The molecule has 18 heavy (non-hydrogen) atoms. The van der Waals surface area contributed by atoms with E-state index in [9.17, 15) is 0 Å². The first-order chi connectivity index (χ1) is 8.76. The minimum atomic E-state index is 0.430. The van der Waals surface area contributed by atoms with Crippen LogP contribution in [0.5, 0.6) is 0 Å². The van der Waals surface area contributed by atoms with Crippen LogP contribution in [0.3, 0.4) is 0 Å². The molecule has 1 N–H and O–H groups in total. The first kappa shape index (κ1) is 14.5. The van der Waals surface area contributed by atoms with Crippen LogP contribution in [-0.2, 0) is 0 Å². The third kappa shape index (κ3) is 3.74. The molecule has 0 radical (unpaired) electrons. The number of H-pyrrole nitrogens is 1. The molecule has 1 heterocycles. The molecule has 7 heteroatoms. The Balaban J connectivity index is 2.82. The van der Waals surface area contributed by atoms with Gasteiger partial charge in [0.1, 0.15) is 16.7 Å². The van der Waals surface area contributed by atoms with Gasteiger partial charge < -0.3 is 0 Å². The number of nitrogens with one attached hydrogen (secondary N) is 1. The Labute approximate surface area is 111 Å². The molecule has 0 aliphatic heterocycles. The Morgan fingerprint density at radius 3 is 2.56 bits per heavy atom. The van der Waals surface area contributed by atoms with Gasteiger partial charge in [-0.2, -0.15) is 10.4 Å². The summed E-state index contributed by atoms with van der Waals surface area (Å²) in [6, 6.07) is 2.10. The number of rotatable bonds is 7. The van der Waals surface area contributed by atoms with Gasteiger partial charge in [-0.3, -0.25) is 10.1 Å². The van der Waals surface area contributed by atoms with Gasteiger partial charge in [-0.1, -0.05) is 19.1 Å². The first-order valence-corrected chi connectivity index (χ1v) is 7.18. The predicted molar refractivity (Wildman–Crippen MR) is 71.8 cm³/mol. The summed E-state index contributed by atoms with van der Waals surface area (Å²) in [7, 11) is 0. The minimum Gasteiger partial charge on any atom is -0.278 e. The summed E-state index contributed by atoms with van der Waals surface area (Å²) >= 11 is 1.42. The molecule has 0 spiro atoms. The predicted octanol–water partition coefficient (Wildman–Crippen LogP) is 3.12. The zero-order valence-electron chi connectivity index (χ0n) is 11.0. The number of thioether (sulfide) groups is 1. The summed E-state index contributed by atoms with van der Waals surface area (Å²) in [5, 5.41) is 26.6. The molecule has 0 aliphatic rings. The van der Waals surface area contributed by atoms with Crippen LogP contribution in [0.4, 0.5) is 5.82 Å². The molecule has 0 fully saturated rings. The van der Waals surface area contributed by atoms with Crippen LogP contribution in [0.1, 0.15) is 32.3 Å². The second kappa shape index (κ2) is 7.71. The lowest BCUT2D eigenvalue weighted by Gasteiger charge is -2.14. The van der Waals surface area contributed by atoms with E-state index < -0.39 is 0 Å². The molecule has 0 amide bonds. The van der Waals surface area contributed by atoms with Crippen molar-refractivity contribution >= 4 is 17.6 Å². The molecule has 1 aromatic heterocycles. The van der Waals surface area contributed by atoms with Crippen molar-refractivity contribution in [2.75, 3.05) is 19.3 Å². The van der Waals surface area contributed by atoms with Crippen molar-refractivity contribution in [1.82, 2.24) is 15.2 Å². The quantitative estimate of drug-likeness (QED) is 0.467. The Morgan fingerprint density at radius 2 is 2.06 bits per heavy atom. The van der Waals surface area contributed by atoms with Crippen molar-refractivity contribution in [3.05, 3.63) is 5.56 Å². The van der Waals surface area contributed by atoms with E-state index in [-0.39, 0.29) is 0 Å². The lowest BCUT2D eigenvalue weighted by Crippen LogP contribution is -2.18. The number of aromatic nitrogens is 2. The van der Waals surface area contributed by atoms with E-state index >= 15 is 0 Å². The molecule has 0 saturated carbocycles. The number of hydrogen-bond donors (Lipinski definition) is 1. The highest BCUT2D eigenvalue weighted by Gasteiger charge is 2.11. The SMILES string of the molecule is CCCN(CCC)N=Nc1[nH]nc(SC)c1C#N. The number of nitrogens with zero attached hydrogens (tertiary/aromatic N) is 5. The van der Waals surface area contributed by atoms with Crippen molar-refractivity contribution < 1.29 is 0 Å². The third-order valence-corrected chi connectivity index (χ3v) is 2.94. The van der Waals surface area contributed by atoms with E-state index in [1.54, 1.807) is 0 Å². The van der Waals surface area contributed by atoms with Crippen LogP contribution in [0, 0.1) is 11.3 Å². The molecular weight excluding hydrogens is 248 g/mol. The summed E-state index contributed by atoms with van der Waals surface area (Å²) < 4.78 is 0. The Bertz CT molecular complexity index is 427. The second-order valence-electron chi connectivity index (χ2n) is 3.71. The number of hydrogen-bond acceptors (Lipinski definition) is 5. The van der Waals surface area contributed by atoms with E-state index in [0.29, 0.717) is 16.4 Å². The summed E-state index contributed by atoms with van der Waals surface area (Å²) in [5.74, 6) is 0.430. The molecule has 0 atom stereocenters. The number of nitriles is 1. The molecule has 98 valence electrons. The molecule has 1 rings (SSSR count). The van der Waals surface area contributed by atoms with Crippen molar-refractivity contribution in [1.29, 1.82) is 5.26 Å². The van der Waals surface area contributed by atoms with Crippen molar-refractivity contribution in [2.24, 2.45) is 10.3 Å². The van der Waals surface area contributed by atoms with Gasteiger partial charge >= 0.3 is 0 Å². The van der Waals surface area contributed by atoms with Gasteiger partial charge in [-0.25, -0.2) is 0 Å². The smallest absolute Gasteiger partial charge is 0.191 e. The molecule has 0 saturated heterocycles. The van der Waals surface area contributed by atoms with Gasteiger partial charge in [-0.15, -0.1) is 16.9 Å². The van der Waals surface area contributed by atoms with E-state index in [1.807, 2.05) is 11.3 Å². The van der Waals surface area contributed by atoms with Gasteiger partial charge in [0.2, 0.25) is 0 Å². The van der Waals surface area contributed by atoms with Gasteiger partial charge in [0.05, 0.1) is 0 Å². The van der Waals surface area contributed by atoms with E-state index in [4.69, 9.17) is 5.26 Å². The molecular formula is C11H18N6S. The van der Waals surface area contributed by atoms with Crippen LogP contribution in [0.2, 0.25) is 0 Å². The topological polar surface area (TPSA) is 80.4 Å². The first-order valence-electron chi connectivity index (χ1n) is 5.95. The molecule has 1 aromatic rings. The molecule has 0 aliphatic carbocycles. The fourth-order valence-electron chi connectivity index (χ4n) is 1.46. The highest BCUT2D eigenvalue weighted by atomic mass is 32.2. The van der Waals surface area contributed by atoms with Gasteiger partial charge in [0.15, 0.2) is 5.82 Å². The van der Waals surface area contributed by atoms with E-state index in [1.165, 1.54) is 11.8 Å². The van der Waals surface area contributed by atoms with Gasteiger partial charge in [0.25, 0.3) is 0 Å². The minimum absolute atomic E-state index is 0.430. The molecule has 6 nitrogen and oxygen atoms in total. The summed E-state index contributed by atoms with van der Waals surface area (Å²) in [4.78, 5) is 0. The Morgan fingerprint density at radius 1 is 1.39 bits per heavy atom. The van der Waals surface area contributed by atoms with Crippen molar-refractivity contribution in [2.45, 2.75) is 31.7 Å². The lowest BCUT2D eigenvalue weighted by atomic mass is 10.4. The fourth-order valence-corrected chi connectivity index (χ4v) is 1.95. The third-order valence-electron chi connectivity index (χ3n) is 2.25. The van der Waals surface area contributed by atoms with E-state index in [0.717, 1.165) is 25.9 Å². The highest BCUT2D eigenvalue weighted by Crippen LogP contribution is 2.25. The maximum atomic E-state index is 9.05. The zero-order valence-corrected chi connectivity index (χ0v) is 11.8. The number of aromatic amines is 1. The van der Waals surface area contributed by atoms with Gasteiger partial charge in [0, 0.05) is 13.1 Å².